The number of rotatable bonds is 3. The van der Waals surface area contributed by atoms with Gasteiger partial charge in [-0.25, -0.2) is 9.78 Å². The first kappa shape index (κ1) is 12.2. The summed E-state index contributed by atoms with van der Waals surface area (Å²) in [6.45, 7) is 0. The predicted octanol–water partition coefficient (Wildman–Crippen LogP) is 4.15. The molecule has 0 aliphatic heterocycles. The third-order valence-electron chi connectivity index (χ3n) is 2.62. The van der Waals surface area contributed by atoms with Crippen molar-refractivity contribution in [2.75, 3.05) is 0 Å². The van der Waals surface area contributed by atoms with Gasteiger partial charge in [-0.3, -0.25) is 0 Å². The van der Waals surface area contributed by atoms with Gasteiger partial charge in [0.05, 0.1) is 15.3 Å². The third-order valence-corrected chi connectivity index (χ3v) is 4.58. The van der Waals surface area contributed by atoms with Gasteiger partial charge in [0.15, 0.2) is 0 Å². The lowest BCUT2D eigenvalue weighted by Crippen LogP contribution is -1.99. The molecule has 0 fully saturated rings. The van der Waals surface area contributed by atoms with Crippen molar-refractivity contribution >= 4 is 40.0 Å². The highest BCUT2D eigenvalue weighted by Gasteiger charge is 2.12. The number of fused-ring (bicyclic) bond motifs is 1. The van der Waals surface area contributed by atoms with Crippen LogP contribution in [0, 0.1) is 0 Å². The summed E-state index contributed by atoms with van der Waals surface area (Å²) in [5, 5.41) is 12.7. The monoisotopic (exact) mass is 287 g/mol. The summed E-state index contributed by atoms with van der Waals surface area (Å²) < 4.78 is 1.10. The van der Waals surface area contributed by atoms with E-state index in [0.29, 0.717) is 21.5 Å². The first-order valence-electron chi connectivity index (χ1n) is 5.58. The Labute approximate surface area is 117 Å². The van der Waals surface area contributed by atoms with Gasteiger partial charge >= 0.3 is 5.97 Å². The maximum absolute atomic E-state index is 11.3. The molecule has 0 radical (unpaired) electrons. The molecule has 0 unspecified atom stereocenters. The lowest BCUT2D eigenvalue weighted by molar-refractivity contribution is 0.0698. The van der Waals surface area contributed by atoms with E-state index in [9.17, 15) is 9.90 Å². The Balaban J connectivity index is 2.13. The summed E-state index contributed by atoms with van der Waals surface area (Å²) in [5.41, 5.74) is 1.01. The molecule has 19 heavy (non-hydrogen) atoms. The Hall–Kier alpha value is -1.85. The Morgan fingerprint density at radius 1 is 1.21 bits per heavy atom. The standard InChI is InChI=1S/C14H9NO2S2/c16-14(17)10-8-12(19-13-6-3-7-18-13)15-11-5-2-1-4-9(10)11/h1-8H,(H,16,17). The molecule has 2 heterocycles. The molecule has 94 valence electrons. The summed E-state index contributed by atoms with van der Waals surface area (Å²) in [7, 11) is 0. The normalized spacial score (nSPS) is 10.7. The van der Waals surface area contributed by atoms with E-state index in [1.807, 2.05) is 35.7 Å². The summed E-state index contributed by atoms with van der Waals surface area (Å²) in [6.07, 6.45) is 0. The molecule has 5 heteroatoms. The Morgan fingerprint density at radius 2 is 2.05 bits per heavy atom. The highest BCUT2D eigenvalue weighted by molar-refractivity contribution is 8.01. The van der Waals surface area contributed by atoms with Gasteiger partial charge in [-0.1, -0.05) is 36.0 Å². The van der Waals surface area contributed by atoms with Crippen LogP contribution in [0.2, 0.25) is 0 Å². The molecule has 0 saturated carbocycles. The Morgan fingerprint density at radius 3 is 2.79 bits per heavy atom. The fourth-order valence-corrected chi connectivity index (χ4v) is 3.54. The molecular formula is C14H9NO2S2. The number of aromatic carboxylic acids is 1. The van der Waals surface area contributed by atoms with Gasteiger partial charge in [0.25, 0.3) is 0 Å². The first-order chi connectivity index (χ1) is 9.24. The number of benzene rings is 1. The van der Waals surface area contributed by atoms with Crippen LogP contribution in [0.4, 0.5) is 0 Å². The summed E-state index contributed by atoms with van der Waals surface area (Å²) in [6, 6.07) is 12.9. The molecular weight excluding hydrogens is 278 g/mol. The fraction of sp³-hybridized carbons (Fsp3) is 0. The molecule has 0 atom stereocenters. The average molecular weight is 287 g/mol. The van der Waals surface area contributed by atoms with Gasteiger partial charge in [-0.2, -0.15) is 0 Å². The quantitative estimate of drug-likeness (QED) is 0.786. The van der Waals surface area contributed by atoms with Crippen LogP contribution in [-0.2, 0) is 0 Å². The van der Waals surface area contributed by atoms with Gasteiger partial charge in [-0.05, 0) is 23.6 Å². The van der Waals surface area contributed by atoms with E-state index in [1.165, 1.54) is 11.8 Å². The van der Waals surface area contributed by atoms with Crippen LogP contribution in [0.25, 0.3) is 10.9 Å². The van der Waals surface area contributed by atoms with Crippen LogP contribution in [0.5, 0.6) is 0 Å². The number of carboxylic acid groups (broad SMARTS) is 1. The number of para-hydroxylation sites is 1. The molecule has 3 aromatic rings. The minimum Gasteiger partial charge on any atom is -0.478 e. The number of thiophene rings is 1. The van der Waals surface area contributed by atoms with E-state index in [4.69, 9.17) is 0 Å². The Bertz CT molecular complexity index is 738. The second-order valence-electron chi connectivity index (χ2n) is 3.86. The van der Waals surface area contributed by atoms with Crippen LogP contribution < -0.4 is 0 Å². The van der Waals surface area contributed by atoms with Gasteiger partial charge in [0.1, 0.15) is 5.03 Å². The van der Waals surface area contributed by atoms with Crippen LogP contribution in [0.15, 0.2) is 57.1 Å². The van der Waals surface area contributed by atoms with Crippen molar-refractivity contribution in [3.63, 3.8) is 0 Å². The van der Waals surface area contributed by atoms with Crippen LogP contribution in [-0.4, -0.2) is 16.1 Å². The molecule has 0 aliphatic rings. The van der Waals surface area contributed by atoms with E-state index in [-0.39, 0.29) is 0 Å². The minimum absolute atomic E-state index is 0.296. The highest BCUT2D eigenvalue weighted by Crippen LogP contribution is 2.32. The van der Waals surface area contributed by atoms with Crippen LogP contribution in [0.3, 0.4) is 0 Å². The molecule has 3 rings (SSSR count). The number of hydrogen-bond donors (Lipinski definition) is 1. The lowest BCUT2D eigenvalue weighted by atomic mass is 10.1. The number of aromatic nitrogens is 1. The summed E-state index contributed by atoms with van der Waals surface area (Å²) in [5.74, 6) is -0.924. The van der Waals surface area contributed by atoms with Gasteiger partial charge in [-0.15, -0.1) is 11.3 Å². The highest BCUT2D eigenvalue weighted by atomic mass is 32.2. The predicted molar refractivity (Wildman–Crippen MR) is 77.1 cm³/mol. The molecule has 1 aromatic carbocycles. The molecule has 3 nitrogen and oxygen atoms in total. The van der Waals surface area contributed by atoms with Crippen LogP contribution >= 0.6 is 23.1 Å². The topological polar surface area (TPSA) is 50.2 Å². The maximum atomic E-state index is 11.3. The zero-order chi connectivity index (χ0) is 13.2. The molecule has 0 saturated heterocycles. The second kappa shape index (κ2) is 5.03. The summed E-state index contributed by atoms with van der Waals surface area (Å²) in [4.78, 5) is 15.8. The van der Waals surface area contributed by atoms with Crippen molar-refractivity contribution in [1.29, 1.82) is 0 Å². The maximum Gasteiger partial charge on any atom is 0.336 e. The molecule has 2 aromatic heterocycles. The van der Waals surface area contributed by atoms with E-state index >= 15 is 0 Å². The van der Waals surface area contributed by atoms with Crippen molar-refractivity contribution in [2.24, 2.45) is 0 Å². The number of pyridine rings is 1. The van der Waals surface area contributed by atoms with E-state index in [0.717, 1.165) is 4.21 Å². The van der Waals surface area contributed by atoms with E-state index in [2.05, 4.69) is 4.98 Å². The number of hydrogen-bond acceptors (Lipinski definition) is 4. The first-order valence-corrected chi connectivity index (χ1v) is 7.28. The smallest absolute Gasteiger partial charge is 0.336 e. The molecule has 0 spiro atoms. The molecule has 1 N–H and O–H groups in total. The van der Waals surface area contributed by atoms with Crippen molar-refractivity contribution in [2.45, 2.75) is 9.24 Å². The van der Waals surface area contributed by atoms with Gasteiger partial charge in [0, 0.05) is 5.39 Å². The zero-order valence-corrected chi connectivity index (χ0v) is 11.4. The van der Waals surface area contributed by atoms with Crippen molar-refractivity contribution in [3.8, 4) is 0 Å². The molecule has 0 amide bonds. The van der Waals surface area contributed by atoms with E-state index in [1.54, 1.807) is 23.5 Å². The van der Waals surface area contributed by atoms with Gasteiger partial charge < -0.3 is 5.11 Å². The van der Waals surface area contributed by atoms with Crippen molar-refractivity contribution < 1.29 is 9.90 Å². The average Bonchev–Trinajstić information content (AvgIpc) is 2.90. The summed E-state index contributed by atoms with van der Waals surface area (Å²) >= 11 is 3.10. The zero-order valence-electron chi connectivity index (χ0n) is 9.74. The number of carbonyl (C=O) groups is 1. The molecule has 0 aliphatic carbocycles. The third kappa shape index (κ3) is 2.47. The SMILES string of the molecule is O=C(O)c1cc(Sc2cccs2)nc2ccccc12. The van der Waals surface area contributed by atoms with E-state index < -0.39 is 5.97 Å². The lowest BCUT2D eigenvalue weighted by Gasteiger charge is -2.05. The minimum atomic E-state index is -0.924. The number of nitrogens with zero attached hydrogens (tertiary/aromatic N) is 1. The largest absolute Gasteiger partial charge is 0.478 e. The second-order valence-corrected chi connectivity index (χ2v) is 6.13. The number of carboxylic acids is 1. The van der Waals surface area contributed by atoms with Gasteiger partial charge in [0.2, 0.25) is 0 Å². The molecule has 0 bridgehead atoms. The fourth-order valence-electron chi connectivity index (χ4n) is 1.80. The van der Waals surface area contributed by atoms with Crippen molar-refractivity contribution in [3.05, 3.63) is 53.4 Å². The van der Waals surface area contributed by atoms with Crippen molar-refractivity contribution in [1.82, 2.24) is 4.98 Å². The van der Waals surface area contributed by atoms with Crippen LogP contribution in [0.1, 0.15) is 10.4 Å². The Kier molecular flexibility index (Phi) is 3.23.